The van der Waals surface area contributed by atoms with Crippen LogP contribution < -0.4 is 5.32 Å². The van der Waals surface area contributed by atoms with E-state index in [2.05, 4.69) is 15.3 Å². The van der Waals surface area contributed by atoms with Gasteiger partial charge in [0.25, 0.3) is 0 Å². The highest BCUT2D eigenvalue weighted by Crippen LogP contribution is 2.34. The first kappa shape index (κ1) is 13.0. The fourth-order valence-electron chi connectivity index (χ4n) is 2.97. The van der Waals surface area contributed by atoms with Gasteiger partial charge in [-0.15, -0.1) is 0 Å². The highest BCUT2D eigenvalue weighted by Gasteiger charge is 2.38. The third-order valence-electron chi connectivity index (χ3n) is 4.11. The fraction of sp³-hybridized carbons (Fsp3) is 0.714. The van der Waals surface area contributed by atoms with E-state index in [1.165, 1.54) is 0 Å². The summed E-state index contributed by atoms with van der Waals surface area (Å²) in [5, 5.41) is 3.60. The van der Waals surface area contributed by atoms with Gasteiger partial charge >= 0.3 is 0 Å². The molecule has 2 aliphatic heterocycles. The van der Waals surface area contributed by atoms with Crippen molar-refractivity contribution in [2.24, 2.45) is 0 Å². The molecule has 5 nitrogen and oxygen atoms in total. The molecule has 3 heterocycles. The van der Waals surface area contributed by atoms with Crippen molar-refractivity contribution in [3.8, 4) is 0 Å². The van der Waals surface area contributed by atoms with Gasteiger partial charge in [0.1, 0.15) is 6.33 Å². The maximum Gasteiger partial charge on any atom is 0.115 e. The number of nitrogens with one attached hydrogen (secondary N) is 1. The van der Waals surface area contributed by atoms with E-state index in [-0.39, 0.29) is 5.60 Å². The van der Waals surface area contributed by atoms with Crippen molar-refractivity contribution in [1.29, 1.82) is 0 Å². The Hall–Kier alpha value is -1.04. The standard InChI is InChI=1S/C14H21N3O2/c1-5-15-11-17-13(1)10-16-12-2-6-19-14(9-12)3-7-18-8-4-14/h1,5,11-12,16H,2-4,6-10H2. The molecule has 3 rings (SSSR count). The predicted molar refractivity (Wildman–Crippen MR) is 70.6 cm³/mol. The van der Waals surface area contributed by atoms with Crippen molar-refractivity contribution in [3.05, 3.63) is 24.3 Å². The third-order valence-corrected chi connectivity index (χ3v) is 4.11. The Bertz CT molecular complexity index is 387. The zero-order chi connectivity index (χ0) is 13.0. The maximum absolute atomic E-state index is 6.04. The van der Waals surface area contributed by atoms with Gasteiger partial charge in [-0.25, -0.2) is 9.97 Å². The Balaban J connectivity index is 1.53. The van der Waals surface area contributed by atoms with Gasteiger partial charge < -0.3 is 14.8 Å². The van der Waals surface area contributed by atoms with E-state index in [4.69, 9.17) is 9.47 Å². The second-order valence-electron chi connectivity index (χ2n) is 5.42. The first-order valence-corrected chi connectivity index (χ1v) is 7.06. The molecule has 2 fully saturated rings. The molecular weight excluding hydrogens is 242 g/mol. The summed E-state index contributed by atoms with van der Waals surface area (Å²) in [5.74, 6) is 0. The molecule has 0 aliphatic carbocycles. The number of nitrogens with zero attached hydrogens (tertiary/aromatic N) is 2. The molecule has 1 unspecified atom stereocenters. The molecule has 5 heteroatoms. The SMILES string of the molecule is c1cc(CNC2CCOC3(CCOCC3)C2)ncn1. The van der Waals surface area contributed by atoms with Gasteiger partial charge in [-0.05, 0) is 31.7 Å². The molecule has 0 saturated carbocycles. The summed E-state index contributed by atoms with van der Waals surface area (Å²) in [7, 11) is 0. The average molecular weight is 263 g/mol. The minimum absolute atomic E-state index is 0.0554. The summed E-state index contributed by atoms with van der Waals surface area (Å²) < 4.78 is 11.5. The molecule has 19 heavy (non-hydrogen) atoms. The molecule has 0 aromatic carbocycles. The summed E-state index contributed by atoms with van der Waals surface area (Å²) in [6.07, 6.45) is 7.60. The number of rotatable bonds is 3. The van der Waals surface area contributed by atoms with Crippen LogP contribution in [0.1, 0.15) is 31.4 Å². The lowest BCUT2D eigenvalue weighted by atomic mass is 9.84. The van der Waals surface area contributed by atoms with Crippen molar-refractivity contribution in [1.82, 2.24) is 15.3 Å². The Morgan fingerprint density at radius 3 is 3.00 bits per heavy atom. The Labute approximate surface area is 113 Å². The summed E-state index contributed by atoms with van der Waals surface area (Å²) >= 11 is 0. The Morgan fingerprint density at radius 2 is 2.21 bits per heavy atom. The van der Waals surface area contributed by atoms with Gasteiger partial charge in [0.2, 0.25) is 0 Å². The monoisotopic (exact) mass is 263 g/mol. The lowest BCUT2D eigenvalue weighted by molar-refractivity contribution is -0.140. The number of hydrogen-bond acceptors (Lipinski definition) is 5. The molecule has 2 aliphatic rings. The van der Waals surface area contributed by atoms with Crippen LogP contribution in [0.3, 0.4) is 0 Å². The molecule has 1 atom stereocenters. The minimum atomic E-state index is 0.0554. The van der Waals surface area contributed by atoms with Crippen molar-refractivity contribution >= 4 is 0 Å². The van der Waals surface area contributed by atoms with Gasteiger partial charge in [-0.1, -0.05) is 0 Å². The molecule has 104 valence electrons. The molecule has 0 bridgehead atoms. The van der Waals surface area contributed by atoms with Crippen LogP contribution in [0.15, 0.2) is 18.6 Å². The van der Waals surface area contributed by atoms with E-state index in [9.17, 15) is 0 Å². The van der Waals surface area contributed by atoms with E-state index in [0.29, 0.717) is 6.04 Å². The van der Waals surface area contributed by atoms with Gasteiger partial charge in [-0.3, -0.25) is 0 Å². The lowest BCUT2D eigenvalue weighted by Gasteiger charge is -2.43. The maximum atomic E-state index is 6.04. The molecule has 2 saturated heterocycles. The van der Waals surface area contributed by atoms with Crippen LogP contribution in [0.25, 0.3) is 0 Å². The molecule has 0 amide bonds. The summed E-state index contributed by atoms with van der Waals surface area (Å²) in [5.41, 5.74) is 1.10. The van der Waals surface area contributed by atoms with Crippen molar-refractivity contribution in [2.45, 2.75) is 43.9 Å². The van der Waals surface area contributed by atoms with E-state index >= 15 is 0 Å². The summed E-state index contributed by atoms with van der Waals surface area (Å²) in [6.45, 7) is 3.32. The molecule has 1 aromatic rings. The largest absolute Gasteiger partial charge is 0.381 e. The fourth-order valence-corrected chi connectivity index (χ4v) is 2.97. The highest BCUT2D eigenvalue weighted by molar-refractivity contribution is 4.98. The first-order valence-electron chi connectivity index (χ1n) is 7.06. The second kappa shape index (κ2) is 5.94. The minimum Gasteiger partial charge on any atom is -0.381 e. The van der Waals surface area contributed by atoms with Crippen LogP contribution in [0.4, 0.5) is 0 Å². The van der Waals surface area contributed by atoms with Crippen LogP contribution >= 0.6 is 0 Å². The Kier molecular flexibility index (Phi) is 4.06. The molecule has 1 N–H and O–H groups in total. The number of hydrogen-bond donors (Lipinski definition) is 1. The van der Waals surface area contributed by atoms with Crippen LogP contribution in [-0.2, 0) is 16.0 Å². The zero-order valence-electron chi connectivity index (χ0n) is 11.2. The van der Waals surface area contributed by atoms with Crippen LogP contribution in [0.2, 0.25) is 0 Å². The summed E-state index contributed by atoms with van der Waals surface area (Å²) in [6, 6.07) is 2.47. The van der Waals surface area contributed by atoms with Crippen LogP contribution in [-0.4, -0.2) is 41.4 Å². The van der Waals surface area contributed by atoms with Crippen molar-refractivity contribution in [3.63, 3.8) is 0 Å². The van der Waals surface area contributed by atoms with Gasteiger partial charge in [0.05, 0.1) is 11.3 Å². The zero-order valence-corrected chi connectivity index (χ0v) is 11.2. The van der Waals surface area contributed by atoms with Gasteiger partial charge in [-0.2, -0.15) is 0 Å². The third kappa shape index (κ3) is 3.29. The van der Waals surface area contributed by atoms with Gasteiger partial charge in [0, 0.05) is 38.6 Å². The second-order valence-corrected chi connectivity index (χ2v) is 5.42. The van der Waals surface area contributed by atoms with E-state index < -0.39 is 0 Å². The van der Waals surface area contributed by atoms with Gasteiger partial charge in [0.15, 0.2) is 0 Å². The lowest BCUT2D eigenvalue weighted by Crippen LogP contribution is -2.49. The quantitative estimate of drug-likeness (QED) is 0.890. The molecule has 0 radical (unpaired) electrons. The van der Waals surface area contributed by atoms with E-state index in [1.807, 2.05) is 6.07 Å². The van der Waals surface area contributed by atoms with E-state index in [0.717, 1.165) is 57.7 Å². The van der Waals surface area contributed by atoms with Crippen molar-refractivity contribution in [2.75, 3.05) is 19.8 Å². The molecule has 1 spiro atoms. The van der Waals surface area contributed by atoms with Crippen LogP contribution in [0, 0.1) is 0 Å². The smallest absolute Gasteiger partial charge is 0.115 e. The first-order chi connectivity index (χ1) is 9.36. The Morgan fingerprint density at radius 1 is 1.32 bits per heavy atom. The topological polar surface area (TPSA) is 56.3 Å². The normalized spacial score (nSPS) is 26.4. The highest BCUT2D eigenvalue weighted by atomic mass is 16.5. The summed E-state index contributed by atoms with van der Waals surface area (Å²) in [4.78, 5) is 8.18. The number of ether oxygens (including phenoxy) is 2. The predicted octanol–water partition coefficient (Wildman–Crippen LogP) is 1.29. The van der Waals surface area contributed by atoms with Crippen LogP contribution in [0.5, 0.6) is 0 Å². The molecular formula is C14H21N3O2. The van der Waals surface area contributed by atoms with E-state index in [1.54, 1.807) is 12.5 Å². The van der Waals surface area contributed by atoms with Crippen molar-refractivity contribution < 1.29 is 9.47 Å². The average Bonchev–Trinajstić information content (AvgIpc) is 2.47. The molecule has 1 aromatic heterocycles. The number of aromatic nitrogens is 2.